The van der Waals surface area contributed by atoms with Crippen molar-refractivity contribution < 1.29 is 14.6 Å². The molecular weight excluding hydrogens is 294 g/mol. The average Bonchev–Trinajstić information content (AvgIpc) is 2.61. The van der Waals surface area contributed by atoms with Crippen LogP contribution in [0.3, 0.4) is 0 Å². The first kappa shape index (κ1) is 15.4. The van der Waals surface area contributed by atoms with Gasteiger partial charge in [-0.1, -0.05) is 12.1 Å². The predicted molar refractivity (Wildman–Crippen MR) is 85.5 cm³/mol. The van der Waals surface area contributed by atoms with E-state index in [2.05, 4.69) is 15.3 Å². The monoisotopic (exact) mass is 313 g/mol. The van der Waals surface area contributed by atoms with Crippen molar-refractivity contribution in [1.82, 2.24) is 15.3 Å². The van der Waals surface area contributed by atoms with E-state index in [4.69, 9.17) is 9.84 Å². The summed E-state index contributed by atoms with van der Waals surface area (Å²) in [4.78, 5) is 19.6. The number of aromatic carboxylic acids is 1. The fraction of sp³-hybridized carbons (Fsp3) is 0.353. The molecule has 1 aromatic carbocycles. The fourth-order valence-corrected chi connectivity index (χ4v) is 2.64. The van der Waals surface area contributed by atoms with E-state index >= 15 is 0 Å². The van der Waals surface area contributed by atoms with Gasteiger partial charge in [0, 0.05) is 18.0 Å². The highest BCUT2D eigenvalue weighted by molar-refractivity contribution is 5.89. The van der Waals surface area contributed by atoms with Crippen molar-refractivity contribution in [3.05, 3.63) is 42.2 Å². The normalized spacial score (nSPS) is 17.7. The third-order valence-electron chi connectivity index (χ3n) is 3.88. The minimum Gasteiger partial charge on any atom is -0.478 e. The van der Waals surface area contributed by atoms with E-state index in [9.17, 15) is 4.79 Å². The zero-order valence-corrected chi connectivity index (χ0v) is 12.7. The summed E-state index contributed by atoms with van der Waals surface area (Å²) >= 11 is 0. The molecule has 1 aliphatic rings. The lowest BCUT2D eigenvalue weighted by Crippen LogP contribution is -2.33. The van der Waals surface area contributed by atoms with Gasteiger partial charge >= 0.3 is 5.97 Å². The number of benzene rings is 1. The number of carboxylic acids is 1. The number of rotatable bonds is 5. The number of ether oxygens (including phenoxy) is 1. The van der Waals surface area contributed by atoms with Gasteiger partial charge in [-0.2, -0.15) is 0 Å². The molecule has 1 aromatic heterocycles. The molecule has 120 valence electrons. The van der Waals surface area contributed by atoms with Gasteiger partial charge in [0.15, 0.2) is 0 Å². The van der Waals surface area contributed by atoms with Crippen molar-refractivity contribution in [2.45, 2.75) is 12.8 Å². The lowest BCUT2D eigenvalue weighted by atomic mass is 10.0. The standard InChI is InChI=1S/C17H19N3O3/c21-17(22)14-5-1-4-13(7-14)15-9-19-10-16(20-15)23-11-12-3-2-6-18-8-12/h1,4-5,7,9-10,12,18H,2-3,6,8,11H2,(H,21,22). The van der Waals surface area contributed by atoms with Crippen LogP contribution in [0.25, 0.3) is 11.3 Å². The van der Waals surface area contributed by atoms with Crippen LogP contribution in [0.15, 0.2) is 36.7 Å². The van der Waals surface area contributed by atoms with Gasteiger partial charge < -0.3 is 15.2 Å². The van der Waals surface area contributed by atoms with E-state index in [1.807, 2.05) is 6.07 Å². The van der Waals surface area contributed by atoms with Crippen LogP contribution in [0.2, 0.25) is 0 Å². The number of carboxylic acid groups (broad SMARTS) is 1. The molecule has 3 rings (SSSR count). The Bertz CT molecular complexity index is 684. The molecule has 0 radical (unpaired) electrons. The summed E-state index contributed by atoms with van der Waals surface area (Å²) in [6.45, 7) is 2.65. The van der Waals surface area contributed by atoms with E-state index in [-0.39, 0.29) is 5.56 Å². The number of nitrogens with one attached hydrogen (secondary N) is 1. The van der Waals surface area contributed by atoms with Crippen LogP contribution >= 0.6 is 0 Å². The molecule has 1 unspecified atom stereocenters. The molecule has 2 heterocycles. The number of hydrogen-bond donors (Lipinski definition) is 2. The maximum absolute atomic E-state index is 11.1. The zero-order chi connectivity index (χ0) is 16.1. The Morgan fingerprint density at radius 3 is 3.09 bits per heavy atom. The first-order chi connectivity index (χ1) is 11.2. The smallest absolute Gasteiger partial charge is 0.335 e. The third-order valence-corrected chi connectivity index (χ3v) is 3.88. The van der Waals surface area contributed by atoms with Crippen molar-refractivity contribution >= 4 is 5.97 Å². The van der Waals surface area contributed by atoms with Crippen LogP contribution in [0.4, 0.5) is 0 Å². The highest BCUT2D eigenvalue weighted by Crippen LogP contribution is 2.20. The van der Waals surface area contributed by atoms with E-state index in [1.165, 1.54) is 6.42 Å². The van der Waals surface area contributed by atoms with Gasteiger partial charge in [-0.05, 0) is 31.5 Å². The Morgan fingerprint density at radius 1 is 1.39 bits per heavy atom. The maximum atomic E-state index is 11.1. The molecule has 1 aliphatic heterocycles. The molecule has 1 atom stereocenters. The van der Waals surface area contributed by atoms with Crippen molar-refractivity contribution in [3.8, 4) is 17.1 Å². The van der Waals surface area contributed by atoms with Crippen LogP contribution in [0.1, 0.15) is 23.2 Å². The molecule has 2 N–H and O–H groups in total. The lowest BCUT2D eigenvalue weighted by molar-refractivity contribution is 0.0697. The Morgan fingerprint density at radius 2 is 2.30 bits per heavy atom. The van der Waals surface area contributed by atoms with E-state index < -0.39 is 5.97 Å². The third kappa shape index (κ3) is 4.04. The molecule has 6 nitrogen and oxygen atoms in total. The quantitative estimate of drug-likeness (QED) is 0.880. The van der Waals surface area contributed by atoms with Gasteiger partial charge in [0.1, 0.15) is 0 Å². The van der Waals surface area contributed by atoms with Gasteiger partial charge in [0.05, 0.1) is 30.3 Å². The van der Waals surface area contributed by atoms with Crippen molar-refractivity contribution in [1.29, 1.82) is 0 Å². The summed E-state index contributed by atoms with van der Waals surface area (Å²) in [6, 6.07) is 6.64. The summed E-state index contributed by atoms with van der Waals surface area (Å²) in [6.07, 6.45) is 5.51. The molecule has 0 spiro atoms. The average molecular weight is 313 g/mol. The highest BCUT2D eigenvalue weighted by Gasteiger charge is 2.14. The predicted octanol–water partition coefficient (Wildman–Crippen LogP) is 2.22. The molecule has 1 fully saturated rings. The first-order valence-electron chi connectivity index (χ1n) is 7.71. The fourth-order valence-electron chi connectivity index (χ4n) is 2.64. The van der Waals surface area contributed by atoms with E-state index in [1.54, 1.807) is 30.6 Å². The number of carbonyl (C=O) groups is 1. The molecule has 6 heteroatoms. The van der Waals surface area contributed by atoms with E-state index in [0.29, 0.717) is 29.7 Å². The summed E-state index contributed by atoms with van der Waals surface area (Å²) in [5.41, 5.74) is 1.54. The second kappa shape index (κ2) is 7.19. The SMILES string of the molecule is O=C(O)c1cccc(-c2cncc(OCC3CCCNC3)n2)c1. The maximum Gasteiger partial charge on any atom is 0.335 e. The van der Waals surface area contributed by atoms with Gasteiger partial charge in [-0.15, -0.1) is 0 Å². The van der Waals surface area contributed by atoms with Gasteiger partial charge in [0.2, 0.25) is 5.88 Å². The Kier molecular flexibility index (Phi) is 4.83. The molecule has 0 amide bonds. The highest BCUT2D eigenvalue weighted by atomic mass is 16.5. The number of aromatic nitrogens is 2. The molecule has 0 aliphatic carbocycles. The topological polar surface area (TPSA) is 84.3 Å². The number of hydrogen-bond acceptors (Lipinski definition) is 5. The van der Waals surface area contributed by atoms with E-state index in [0.717, 1.165) is 19.5 Å². The molecule has 0 saturated carbocycles. The second-order valence-electron chi connectivity index (χ2n) is 5.65. The first-order valence-corrected chi connectivity index (χ1v) is 7.71. The molecule has 1 saturated heterocycles. The van der Waals surface area contributed by atoms with Crippen molar-refractivity contribution in [3.63, 3.8) is 0 Å². The summed E-state index contributed by atoms with van der Waals surface area (Å²) in [5.74, 6) is -0.00430. The minimum atomic E-state index is -0.961. The Labute approximate surface area is 134 Å². The molecular formula is C17H19N3O3. The number of piperidine rings is 1. The number of nitrogens with zero attached hydrogens (tertiary/aromatic N) is 2. The van der Waals surface area contributed by atoms with Gasteiger partial charge in [0.25, 0.3) is 0 Å². The molecule has 23 heavy (non-hydrogen) atoms. The van der Waals surface area contributed by atoms with Gasteiger partial charge in [-0.25, -0.2) is 9.78 Å². The van der Waals surface area contributed by atoms with Crippen LogP contribution < -0.4 is 10.1 Å². The van der Waals surface area contributed by atoms with Crippen LogP contribution in [-0.2, 0) is 0 Å². The summed E-state index contributed by atoms with van der Waals surface area (Å²) in [5, 5.41) is 12.4. The summed E-state index contributed by atoms with van der Waals surface area (Å²) in [7, 11) is 0. The zero-order valence-electron chi connectivity index (χ0n) is 12.7. The summed E-state index contributed by atoms with van der Waals surface area (Å²) < 4.78 is 5.76. The van der Waals surface area contributed by atoms with Crippen LogP contribution in [0.5, 0.6) is 5.88 Å². The Balaban J connectivity index is 1.71. The minimum absolute atomic E-state index is 0.226. The van der Waals surface area contributed by atoms with Crippen molar-refractivity contribution in [2.75, 3.05) is 19.7 Å². The molecule has 2 aromatic rings. The largest absolute Gasteiger partial charge is 0.478 e. The second-order valence-corrected chi connectivity index (χ2v) is 5.65. The molecule has 0 bridgehead atoms. The van der Waals surface area contributed by atoms with Crippen LogP contribution in [-0.4, -0.2) is 40.7 Å². The lowest BCUT2D eigenvalue weighted by Gasteiger charge is -2.22. The van der Waals surface area contributed by atoms with Crippen LogP contribution in [0, 0.1) is 5.92 Å². The van der Waals surface area contributed by atoms with Crippen molar-refractivity contribution in [2.24, 2.45) is 5.92 Å². The van der Waals surface area contributed by atoms with Gasteiger partial charge in [-0.3, -0.25) is 4.98 Å². The Hall–Kier alpha value is -2.47.